The molecular formula is C17H19N3O7. The van der Waals surface area contributed by atoms with E-state index in [9.17, 15) is 29.3 Å². The highest BCUT2D eigenvalue weighted by Gasteiger charge is 2.44. The van der Waals surface area contributed by atoms with Crippen LogP contribution in [0.25, 0.3) is 0 Å². The number of nitro benzene ring substituents is 1. The molecule has 144 valence electrons. The standard InChI is InChI=1S/C17H19N3O7/c1-17(2,3)27-16(24)12(6-7-13(18)21)19-14(22)10-5-4-9(20(25)26)8-11(10)15(19)23/h4-5,8,12H,6-7H2,1-3H3,(H2,18,21)/t12-/m1/s1. The number of non-ortho nitro benzene ring substituents is 1. The number of rotatable bonds is 6. The molecule has 0 fully saturated rings. The molecule has 0 unspecified atom stereocenters. The first-order chi connectivity index (χ1) is 12.4. The van der Waals surface area contributed by atoms with E-state index in [0.717, 1.165) is 18.2 Å². The second kappa shape index (κ2) is 7.14. The van der Waals surface area contributed by atoms with Crippen LogP contribution in [0.2, 0.25) is 0 Å². The number of nitro groups is 1. The van der Waals surface area contributed by atoms with E-state index in [4.69, 9.17) is 10.5 Å². The normalized spacial score (nSPS) is 14.7. The summed E-state index contributed by atoms with van der Waals surface area (Å²) in [6, 6.07) is 1.87. The molecule has 10 nitrogen and oxygen atoms in total. The van der Waals surface area contributed by atoms with Gasteiger partial charge in [0.2, 0.25) is 5.91 Å². The number of hydrogen-bond acceptors (Lipinski definition) is 7. The summed E-state index contributed by atoms with van der Waals surface area (Å²) in [5.41, 5.74) is 3.64. The number of esters is 1. The molecule has 0 saturated carbocycles. The van der Waals surface area contributed by atoms with Gasteiger partial charge >= 0.3 is 5.97 Å². The number of hydrogen-bond donors (Lipinski definition) is 1. The first-order valence-corrected chi connectivity index (χ1v) is 8.10. The fourth-order valence-electron chi connectivity index (χ4n) is 2.65. The van der Waals surface area contributed by atoms with Crippen LogP contribution in [-0.2, 0) is 14.3 Å². The van der Waals surface area contributed by atoms with Crippen LogP contribution in [0, 0.1) is 10.1 Å². The zero-order chi connectivity index (χ0) is 20.5. The topological polar surface area (TPSA) is 150 Å². The zero-order valence-corrected chi connectivity index (χ0v) is 15.1. The summed E-state index contributed by atoms with van der Waals surface area (Å²) in [6.07, 6.45) is -0.463. The van der Waals surface area contributed by atoms with Crippen molar-refractivity contribution in [2.24, 2.45) is 5.73 Å². The number of amides is 3. The molecule has 0 bridgehead atoms. The molecule has 1 aliphatic rings. The number of imide groups is 1. The molecule has 1 aromatic rings. The number of primary amides is 1. The number of ether oxygens (including phenoxy) is 1. The summed E-state index contributed by atoms with van der Waals surface area (Å²) >= 11 is 0. The van der Waals surface area contributed by atoms with E-state index in [0.29, 0.717) is 4.90 Å². The van der Waals surface area contributed by atoms with Crippen molar-refractivity contribution in [2.75, 3.05) is 0 Å². The Hall–Kier alpha value is -3.30. The lowest BCUT2D eigenvalue weighted by molar-refractivity contribution is -0.384. The van der Waals surface area contributed by atoms with Gasteiger partial charge in [-0.2, -0.15) is 0 Å². The predicted molar refractivity (Wildman–Crippen MR) is 91.7 cm³/mol. The molecule has 3 amide bonds. The number of carbonyl (C=O) groups is 4. The van der Waals surface area contributed by atoms with Crippen LogP contribution in [0.1, 0.15) is 54.3 Å². The highest BCUT2D eigenvalue weighted by atomic mass is 16.6. The summed E-state index contributed by atoms with van der Waals surface area (Å²) < 4.78 is 5.26. The molecule has 0 aliphatic carbocycles. The number of nitrogens with zero attached hydrogens (tertiary/aromatic N) is 2. The number of carbonyl (C=O) groups excluding carboxylic acids is 4. The Morgan fingerprint density at radius 3 is 2.33 bits per heavy atom. The number of benzene rings is 1. The van der Waals surface area contributed by atoms with Crippen LogP contribution in [0.4, 0.5) is 5.69 Å². The molecule has 10 heteroatoms. The molecule has 1 aromatic carbocycles. The van der Waals surface area contributed by atoms with Crippen molar-refractivity contribution < 1.29 is 28.8 Å². The van der Waals surface area contributed by atoms with Gasteiger partial charge in [0.15, 0.2) is 0 Å². The quantitative estimate of drug-likeness (QED) is 0.338. The van der Waals surface area contributed by atoms with E-state index in [1.54, 1.807) is 20.8 Å². The summed E-state index contributed by atoms with van der Waals surface area (Å²) in [5.74, 6) is -3.23. The molecule has 0 aromatic heterocycles. The second-order valence-corrected chi connectivity index (χ2v) is 7.02. The Kier molecular flexibility index (Phi) is 5.29. The molecular weight excluding hydrogens is 358 g/mol. The van der Waals surface area contributed by atoms with E-state index in [-0.39, 0.29) is 29.7 Å². The van der Waals surface area contributed by atoms with Gasteiger partial charge in [-0.05, 0) is 33.3 Å². The van der Waals surface area contributed by atoms with Gasteiger partial charge in [-0.1, -0.05) is 0 Å². The van der Waals surface area contributed by atoms with E-state index >= 15 is 0 Å². The SMILES string of the molecule is CC(C)(C)OC(=O)[C@@H](CCC(N)=O)N1C(=O)c2ccc([N+](=O)[O-])cc2C1=O. The van der Waals surface area contributed by atoms with Crippen LogP contribution in [0.3, 0.4) is 0 Å². The molecule has 1 aliphatic heterocycles. The minimum atomic E-state index is -1.37. The molecule has 2 rings (SSSR count). The molecule has 27 heavy (non-hydrogen) atoms. The van der Waals surface area contributed by atoms with Gasteiger partial charge < -0.3 is 10.5 Å². The highest BCUT2D eigenvalue weighted by Crippen LogP contribution is 2.30. The van der Waals surface area contributed by atoms with Crippen molar-refractivity contribution in [3.8, 4) is 0 Å². The fraction of sp³-hybridized carbons (Fsp3) is 0.412. The molecule has 1 atom stereocenters. The summed E-state index contributed by atoms with van der Waals surface area (Å²) in [6.45, 7) is 4.84. The maximum atomic E-state index is 12.7. The van der Waals surface area contributed by atoms with Crippen LogP contribution >= 0.6 is 0 Å². The fourth-order valence-corrected chi connectivity index (χ4v) is 2.65. The average molecular weight is 377 g/mol. The van der Waals surface area contributed by atoms with Crippen molar-refractivity contribution >= 4 is 29.4 Å². The van der Waals surface area contributed by atoms with Crippen molar-refractivity contribution in [1.82, 2.24) is 4.90 Å². The van der Waals surface area contributed by atoms with Gasteiger partial charge in [-0.25, -0.2) is 4.79 Å². The molecule has 1 heterocycles. The second-order valence-electron chi connectivity index (χ2n) is 7.02. The maximum Gasteiger partial charge on any atom is 0.329 e. The monoisotopic (exact) mass is 377 g/mol. The van der Waals surface area contributed by atoms with E-state index in [1.165, 1.54) is 0 Å². The minimum absolute atomic E-state index is 0.0572. The van der Waals surface area contributed by atoms with Crippen LogP contribution in [-0.4, -0.2) is 45.2 Å². The van der Waals surface area contributed by atoms with Gasteiger partial charge in [-0.3, -0.25) is 29.4 Å². The first kappa shape index (κ1) is 20.0. The van der Waals surface area contributed by atoms with Crippen LogP contribution in [0.15, 0.2) is 18.2 Å². The van der Waals surface area contributed by atoms with Gasteiger partial charge in [-0.15, -0.1) is 0 Å². The Morgan fingerprint density at radius 1 is 1.22 bits per heavy atom. The predicted octanol–water partition coefficient (Wildman–Crippen LogP) is 1.17. The Labute approximate surface area is 154 Å². The summed E-state index contributed by atoms with van der Waals surface area (Å²) in [4.78, 5) is 59.9. The maximum absolute atomic E-state index is 12.7. The lowest BCUT2D eigenvalue weighted by atomic mass is 10.1. The average Bonchev–Trinajstić information content (AvgIpc) is 2.77. The zero-order valence-electron chi connectivity index (χ0n) is 15.1. The Bertz CT molecular complexity index is 841. The van der Waals surface area contributed by atoms with E-state index in [1.807, 2.05) is 0 Å². The molecule has 0 spiro atoms. The lowest BCUT2D eigenvalue weighted by Crippen LogP contribution is -2.47. The highest BCUT2D eigenvalue weighted by molar-refractivity contribution is 6.23. The van der Waals surface area contributed by atoms with Crippen molar-refractivity contribution in [1.29, 1.82) is 0 Å². The third kappa shape index (κ3) is 4.27. The Balaban J connectivity index is 2.41. The van der Waals surface area contributed by atoms with E-state index < -0.39 is 40.3 Å². The van der Waals surface area contributed by atoms with Gasteiger partial charge in [0.1, 0.15) is 11.6 Å². The van der Waals surface area contributed by atoms with Crippen molar-refractivity contribution in [3.05, 3.63) is 39.4 Å². The minimum Gasteiger partial charge on any atom is -0.458 e. The summed E-state index contributed by atoms with van der Waals surface area (Å²) in [7, 11) is 0. The largest absolute Gasteiger partial charge is 0.458 e. The smallest absolute Gasteiger partial charge is 0.329 e. The van der Waals surface area contributed by atoms with Crippen molar-refractivity contribution in [2.45, 2.75) is 45.3 Å². The third-order valence-corrected chi connectivity index (χ3v) is 3.77. The molecule has 0 saturated heterocycles. The van der Waals surface area contributed by atoms with Crippen molar-refractivity contribution in [3.63, 3.8) is 0 Å². The Morgan fingerprint density at radius 2 is 1.81 bits per heavy atom. The third-order valence-electron chi connectivity index (χ3n) is 3.77. The van der Waals surface area contributed by atoms with Crippen LogP contribution < -0.4 is 5.73 Å². The van der Waals surface area contributed by atoms with E-state index in [2.05, 4.69) is 0 Å². The van der Waals surface area contributed by atoms with Gasteiger partial charge in [0, 0.05) is 18.6 Å². The number of nitrogens with two attached hydrogens (primary N) is 1. The summed E-state index contributed by atoms with van der Waals surface area (Å²) in [5, 5.41) is 10.9. The van der Waals surface area contributed by atoms with Gasteiger partial charge in [0.05, 0.1) is 16.1 Å². The van der Waals surface area contributed by atoms with Gasteiger partial charge in [0.25, 0.3) is 17.5 Å². The molecule has 0 radical (unpaired) electrons. The molecule has 2 N–H and O–H groups in total. The lowest BCUT2D eigenvalue weighted by Gasteiger charge is -2.28. The first-order valence-electron chi connectivity index (χ1n) is 8.10. The number of fused-ring (bicyclic) bond motifs is 1. The van der Waals surface area contributed by atoms with Crippen LogP contribution in [0.5, 0.6) is 0 Å².